The summed E-state index contributed by atoms with van der Waals surface area (Å²) in [4.78, 5) is 14.7. The van der Waals surface area contributed by atoms with E-state index in [1.54, 1.807) is 0 Å². The first-order valence-corrected chi connectivity index (χ1v) is 8.73. The second-order valence-corrected chi connectivity index (χ2v) is 7.11. The molecule has 1 saturated heterocycles. The van der Waals surface area contributed by atoms with Crippen LogP contribution in [-0.4, -0.2) is 56.6 Å². The maximum atomic E-state index is 12.4. The van der Waals surface area contributed by atoms with Gasteiger partial charge in [-0.3, -0.25) is 4.90 Å². The maximum Gasteiger partial charge on any atom is 0.315 e. The highest BCUT2D eigenvalue weighted by molar-refractivity contribution is 5.75. The molecule has 2 amide bonds. The summed E-state index contributed by atoms with van der Waals surface area (Å²) in [7, 11) is 0. The van der Waals surface area contributed by atoms with Gasteiger partial charge in [0, 0.05) is 25.7 Å². The van der Waals surface area contributed by atoms with Crippen LogP contribution in [0.5, 0.6) is 11.5 Å². The van der Waals surface area contributed by atoms with Crippen LogP contribution in [0.2, 0.25) is 0 Å². The molecule has 1 aromatic rings. The van der Waals surface area contributed by atoms with Crippen molar-refractivity contribution in [2.24, 2.45) is 0 Å². The smallest absolute Gasteiger partial charge is 0.315 e. The average Bonchev–Trinajstić information content (AvgIpc) is 3.02. The monoisotopic (exact) mass is 349 g/mol. The zero-order valence-corrected chi connectivity index (χ0v) is 15.1. The van der Waals surface area contributed by atoms with E-state index in [4.69, 9.17) is 14.2 Å². The predicted molar refractivity (Wildman–Crippen MR) is 94.0 cm³/mol. The van der Waals surface area contributed by atoms with Crippen LogP contribution in [0.4, 0.5) is 4.79 Å². The molecule has 0 spiro atoms. The predicted octanol–water partition coefficient (Wildman–Crippen LogP) is 1.67. The number of morpholine rings is 1. The molecule has 2 aliphatic heterocycles. The Bertz CT molecular complexity index is 614. The van der Waals surface area contributed by atoms with Gasteiger partial charge in [-0.25, -0.2) is 4.79 Å². The van der Waals surface area contributed by atoms with Crippen molar-refractivity contribution in [2.75, 3.05) is 39.6 Å². The van der Waals surface area contributed by atoms with Crippen LogP contribution in [0.3, 0.4) is 0 Å². The second kappa shape index (κ2) is 7.49. The number of fused-ring (bicyclic) bond motifs is 1. The number of benzene rings is 1. The maximum absolute atomic E-state index is 12.4. The van der Waals surface area contributed by atoms with Gasteiger partial charge in [-0.2, -0.15) is 0 Å². The van der Waals surface area contributed by atoms with Crippen molar-refractivity contribution >= 4 is 6.03 Å². The van der Waals surface area contributed by atoms with Crippen LogP contribution in [0, 0.1) is 0 Å². The molecule has 0 aromatic heterocycles. The second-order valence-electron chi connectivity index (χ2n) is 7.11. The van der Waals surface area contributed by atoms with E-state index in [9.17, 15) is 4.79 Å². The number of hydrogen-bond donors (Lipinski definition) is 2. The first-order valence-electron chi connectivity index (χ1n) is 8.73. The molecule has 1 unspecified atom stereocenters. The van der Waals surface area contributed by atoms with Gasteiger partial charge < -0.3 is 24.8 Å². The molecule has 2 aliphatic rings. The van der Waals surface area contributed by atoms with Crippen LogP contribution < -0.4 is 20.1 Å². The average molecular weight is 349 g/mol. The van der Waals surface area contributed by atoms with E-state index >= 15 is 0 Å². The van der Waals surface area contributed by atoms with Gasteiger partial charge in [0.1, 0.15) is 0 Å². The molecule has 7 nitrogen and oxygen atoms in total. The zero-order valence-electron chi connectivity index (χ0n) is 15.1. The standard InChI is InChI=1S/C18H27N3O4/c1-13(11-21-6-8-23-9-7-21)19-17(22)20-18(2,3)14-4-5-15-16(10-14)25-12-24-15/h4-5,10,13H,6-9,11-12H2,1-3H3,(H2,19,20,22). The van der Waals surface area contributed by atoms with E-state index in [0.29, 0.717) is 5.75 Å². The first-order chi connectivity index (χ1) is 11.9. The van der Waals surface area contributed by atoms with Crippen LogP contribution in [-0.2, 0) is 10.3 Å². The molecule has 7 heteroatoms. The Labute approximate surface area is 148 Å². The minimum absolute atomic E-state index is 0.0608. The van der Waals surface area contributed by atoms with E-state index < -0.39 is 5.54 Å². The third-order valence-electron chi connectivity index (χ3n) is 4.53. The van der Waals surface area contributed by atoms with Crippen LogP contribution in [0.1, 0.15) is 26.3 Å². The van der Waals surface area contributed by atoms with Crippen LogP contribution in [0.25, 0.3) is 0 Å². The molecule has 3 rings (SSSR count). The quantitative estimate of drug-likeness (QED) is 0.846. The fourth-order valence-electron chi connectivity index (χ4n) is 3.12. The number of nitrogens with zero attached hydrogens (tertiary/aromatic N) is 1. The van der Waals surface area contributed by atoms with E-state index in [0.717, 1.165) is 44.2 Å². The van der Waals surface area contributed by atoms with Gasteiger partial charge in [0.05, 0.1) is 18.8 Å². The van der Waals surface area contributed by atoms with Crippen LogP contribution >= 0.6 is 0 Å². The summed E-state index contributed by atoms with van der Waals surface area (Å²) < 4.78 is 16.1. The molecule has 25 heavy (non-hydrogen) atoms. The minimum Gasteiger partial charge on any atom is -0.454 e. The number of carbonyl (C=O) groups excluding carboxylic acids is 1. The number of ether oxygens (including phenoxy) is 3. The summed E-state index contributed by atoms with van der Waals surface area (Å²) in [6.45, 7) is 10.4. The fraction of sp³-hybridized carbons (Fsp3) is 0.611. The Hall–Kier alpha value is -1.99. The zero-order chi connectivity index (χ0) is 17.9. The summed E-state index contributed by atoms with van der Waals surface area (Å²) >= 11 is 0. The molecule has 2 N–H and O–H groups in total. The summed E-state index contributed by atoms with van der Waals surface area (Å²) in [6.07, 6.45) is 0. The number of hydrogen-bond acceptors (Lipinski definition) is 5. The van der Waals surface area contributed by atoms with Gasteiger partial charge in [-0.15, -0.1) is 0 Å². The molecule has 2 heterocycles. The molecule has 0 radical (unpaired) electrons. The number of carbonyl (C=O) groups is 1. The molecule has 1 fully saturated rings. The molecule has 138 valence electrons. The summed E-state index contributed by atoms with van der Waals surface area (Å²) in [5.41, 5.74) is 0.441. The van der Waals surface area contributed by atoms with Crippen molar-refractivity contribution in [2.45, 2.75) is 32.4 Å². The Morgan fingerprint density at radius 1 is 1.24 bits per heavy atom. The highest BCUT2D eigenvalue weighted by atomic mass is 16.7. The molecule has 1 aromatic carbocycles. The molecular formula is C18H27N3O4. The van der Waals surface area contributed by atoms with Crippen molar-refractivity contribution in [3.05, 3.63) is 23.8 Å². The van der Waals surface area contributed by atoms with E-state index in [1.807, 2.05) is 39.0 Å². The highest BCUT2D eigenvalue weighted by Crippen LogP contribution is 2.35. The fourth-order valence-corrected chi connectivity index (χ4v) is 3.12. The Morgan fingerprint density at radius 3 is 2.72 bits per heavy atom. The van der Waals surface area contributed by atoms with Crippen molar-refractivity contribution < 1.29 is 19.0 Å². The van der Waals surface area contributed by atoms with Gasteiger partial charge in [0.2, 0.25) is 6.79 Å². The highest BCUT2D eigenvalue weighted by Gasteiger charge is 2.26. The molecule has 1 atom stereocenters. The molecule has 0 aliphatic carbocycles. The lowest BCUT2D eigenvalue weighted by molar-refractivity contribution is 0.0348. The number of amides is 2. The van der Waals surface area contributed by atoms with E-state index in [1.165, 1.54) is 0 Å². The van der Waals surface area contributed by atoms with Gasteiger partial charge in [0.25, 0.3) is 0 Å². The van der Waals surface area contributed by atoms with Gasteiger partial charge in [-0.1, -0.05) is 6.07 Å². The van der Waals surface area contributed by atoms with Crippen LogP contribution in [0.15, 0.2) is 18.2 Å². The van der Waals surface area contributed by atoms with Crippen molar-refractivity contribution in [3.8, 4) is 11.5 Å². The molecular weight excluding hydrogens is 322 g/mol. The largest absolute Gasteiger partial charge is 0.454 e. The van der Waals surface area contributed by atoms with Gasteiger partial charge in [-0.05, 0) is 38.5 Å². The Balaban J connectivity index is 1.53. The topological polar surface area (TPSA) is 72.1 Å². The third kappa shape index (κ3) is 4.55. The lowest BCUT2D eigenvalue weighted by Crippen LogP contribution is -2.52. The summed E-state index contributed by atoms with van der Waals surface area (Å²) in [6, 6.07) is 5.62. The number of urea groups is 1. The minimum atomic E-state index is -0.524. The van der Waals surface area contributed by atoms with Gasteiger partial charge in [0.15, 0.2) is 11.5 Å². The summed E-state index contributed by atoms with van der Waals surface area (Å²) in [5, 5.41) is 6.06. The number of rotatable bonds is 5. The molecule has 0 bridgehead atoms. The van der Waals surface area contributed by atoms with Crippen molar-refractivity contribution in [1.82, 2.24) is 15.5 Å². The summed E-state index contributed by atoms with van der Waals surface area (Å²) in [5.74, 6) is 1.46. The van der Waals surface area contributed by atoms with Crippen molar-refractivity contribution in [3.63, 3.8) is 0 Å². The Kier molecular flexibility index (Phi) is 5.34. The van der Waals surface area contributed by atoms with Gasteiger partial charge >= 0.3 is 6.03 Å². The molecule has 0 saturated carbocycles. The lowest BCUT2D eigenvalue weighted by Gasteiger charge is -2.31. The van der Waals surface area contributed by atoms with E-state index in [2.05, 4.69) is 15.5 Å². The normalized spacial score (nSPS) is 18.7. The lowest BCUT2D eigenvalue weighted by atomic mass is 9.94. The Morgan fingerprint density at radius 2 is 1.96 bits per heavy atom. The third-order valence-corrected chi connectivity index (χ3v) is 4.53. The van der Waals surface area contributed by atoms with Crippen molar-refractivity contribution in [1.29, 1.82) is 0 Å². The number of nitrogens with one attached hydrogen (secondary N) is 2. The van der Waals surface area contributed by atoms with E-state index in [-0.39, 0.29) is 18.9 Å². The SMILES string of the molecule is CC(CN1CCOCC1)NC(=O)NC(C)(C)c1ccc2c(c1)OCO2. The first kappa shape index (κ1) is 17.8.